The summed E-state index contributed by atoms with van der Waals surface area (Å²) in [6, 6.07) is -2.46. The molecular formula is C81H168BrGdN16O31. The van der Waals surface area contributed by atoms with Crippen LogP contribution in [0.1, 0.15) is 69.2 Å². The Morgan fingerprint density at radius 2 is 0.592 bits per heavy atom. The number of carboxylic acid groups (broad SMARTS) is 2. The van der Waals surface area contributed by atoms with Gasteiger partial charge in [-0.25, -0.2) is 29.3 Å². The summed E-state index contributed by atoms with van der Waals surface area (Å²) >= 11 is 2.96. The fourth-order valence-corrected chi connectivity index (χ4v) is 13.9. The van der Waals surface area contributed by atoms with Crippen molar-refractivity contribution >= 4 is 39.6 Å². The van der Waals surface area contributed by atoms with Crippen molar-refractivity contribution in [2.45, 2.75) is 135 Å². The molecule has 4 rings (SSSR count). The normalized spacial score (nSPS) is 20.6. The number of hydrogen-bond acceptors (Lipinski definition) is 46. The van der Waals surface area contributed by atoms with Crippen molar-refractivity contribution < 1.29 is 195 Å². The number of aliphatic carboxylic acids is 2. The largest absolute Gasteiger partial charge is 3.00 e. The Labute approximate surface area is 810 Å². The maximum Gasteiger partial charge on any atom is 3.00 e. The van der Waals surface area contributed by atoms with Crippen LogP contribution < -0.4 is 31.6 Å². The van der Waals surface area contributed by atoms with E-state index in [9.17, 15) is 96.1 Å². The molecule has 0 aromatic heterocycles. The number of esters is 1. The second kappa shape index (κ2) is 80.0. The number of aliphatic hydroxyl groups is 12. The van der Waals surface area contributed by atoms with Gasteiger partial charge in [0, 0.05) is 268 Å². The molecule has 47 nitrogen and oxygen atoms in total. The first-order valence-electron chi connectivity index (χ1n) is 44.9. The second-order valence-electron chi connectivity index (χ2n) is 34.8. The van der Waals surface area contributed by atoms with E-state index in [4.69, 9.17) is 39.9 Å². The zero-order valence-electron chi connectivity index (χ0n) is 79.0. The van der Waals surface area contributed by atoms with Gasteiger partial charge in [0.1, 0.15) is 11.4 Å². The van der Waals surface area contributed by atoms with E-state index in [1.165, 1.54) is 6.92 Å². The van der Waals surface area contributed by atoms with Crippen LogP contribution in [0.3, 0.4) is 0 Å². The molecule has 49 heteroatoms. The molecule has 18 N–H and O–H groups in total. The standard InChI is InChI=1S/C30H62N4O9.2C18H38N4O9.C12H28N4O3.C3H5BrO.Gd/c1-28(2,3)41-27(38)22-33-13-12-31(18-20-39-42-29(4,5)6)10-11-32(19-21-40-43-30(7,8)9)14-16-34(17-15-33)25(23-35)26(37)24-36;2*23-14-16(17(25)15-24)22-7-5-20(10-12-31-29)2-1-19(9-11-30-28)3-4-21(6-8-22)13-18(26)27;17-9-11(12(19)10-18)16-7-5-14-3-1-13-2-4-15-6-8-16;1-3(5)2-4;/h25-26,35-37H,10-24H2,1-9H3;2*16-17,23-25,28-29H,1-15H2,(H,26,27);11-15,17-19H,1-10H2;2H2,1H3;/q;;;;;+3/p-3. The maximum absolute atomic E-state index is 12.8. The summed E-state index contributed by atoms with van der Waals surface area (Å²) in [4.78, 5) is 109. The molecule has 0 amide bonds. The second-order valence-corrected chi connectivity index (χ2v) is 35.4. The van der Waals surface area contributed by atoms with Gasteiger partial charge in [-0.1, -0.05) is 15.9 Å². The van der Waals surface area contributed by atoms with Crippen LogP contribution in [0.15, 0.2) is 0 Å². The molecule has 0 saturated carbocycles. The Balaban J connectivity index is 0. The van der Waals surface area contributed by atoms with Crippen LogP contribution in [-0.4, -0.2) is 596 Å². The van der Waals surface area contributed by atoms with Crippen molar-refractivity contribution in [3.63, 3.8) is 0 Å². The SMILES string of the molecule is CC(=O)CBr.CC(C)(C)OOCCN1CCN(CCOOC(C)(C)C)CCN(C(CO)C(O)CO)CCN(CC(=O)OC(C)(C)C)CC1.O=C(O)CN1CCN(CCOO)CCN(CCOO)CCN(C(CO)C(O)CO)CC1.O=C([O-])CN1CCN(CCO[O-])CCN(CCO[O-])CCN(C(CO)C(O)CO)CC1.OCC(O)C(CO)N1CCNCCNCCNCC1.[Gd+3]. The number of halogens is 1. The monoisotopic (exact) mass is 2100 g/mol. The number of Topliss-reactive ketones (excluding diaryl/α,β-unsaturated/α-hetero) is 1. The zero-order valence-corrected chi connectivity index (χ0v) is 82.9. The number of alkyl halides is 1. The number of ketones is 1. The molecule has 4 fully saturated rings. The topological polar surface area (TPSA) is 602 Å². The number of carboxylic acids is 2. The van der Waals surface area contributed by atoms with Crippen LogP contribution in [-0.2, 0) is 63.0 Å². The van der Waals surface area contributed by atoms with Crippen molar-refractivity contribution in [1.29, 1.82) is 0 Å². The summed E-state index contributed by atoms with van der Waals surface area (Å²) in [7, 11) is 0. The quantitative estimate of drug-likeness (QED) is 0.00886. The molecule has 4 heterocycles. The minimum Gasteiger partial charge on any atom is -0.723 e. The number of hydrogen-bond donors (Lipinski definition) is 18. The van der Waals surface area contributed by atoms with Gasteiger partial charge in [-0.15, -0.1) is 0 Å². The molecule has 0 spiro atoms. The molecule has 4 aliphatic rings. The smallest absolute Gasteiger partial charge is 0.723 e. The molecule has 130 heavy (non-hydrogen) atoms. The van der Waals surface area contributed by atoms with E-state index in [0.717, 1.165) is 65.4 Å². The first-order valence-corrected chi connectivity index (χ1v) is 46.0. The van der Waals surface area contributed by atoms with Gasteiger partial charge < -0.3 is 117 Å². The summed E-state index contributed by atoms with van der Waals surface area (Å²) in [5.74, 6) is -2.30. The van der Waals surface area contributed by atoms with E-state index in [1.54, 1.807) is 14.7 Å². The molecular weight excluding hydrogens is 1930 g/mol. The summed E-state index contributed by atoms with van der Waals surface area (Å²) in [6.07, 6.45) is -4.29. The first-order chi connectivity index (χ1) is 61.4. The summed E-state index contributed by atoms with van der Waals surface area (Å²) in [6.45, 7) is 38.7. The summed E-state index contributed by atoms with van der Waals surface area (Å²) < 4.78 is 5.60. The van der Waals surface area contributed by atoms with Crippen molar-refractivity contribution in [1.82, 2.24) is 79.6 Å². The third-order valence-electron chi connectivity index (χ3n) is 21.1. The Hall–Kier alpha value is -1.72. The Kier molecular flexibility index (Phi) is 80.2. The van der Waals surface area contributed by atoms with Gasteiger partial charge in [0.15, 0.2) is 0 Å². The van der Waals surface area contributed by atoms with Crippen LogP contribution in [0, 0.1) is 39.9 Å². The van der Waals surface area contributed by atoms with Crippen molar-refractivity contribution in [2.75, 3.05) is 366 Å². The number of nitrogens with zero attached hydrogens (tertiary/aromatic N) is 13. The molecule has 8 unspecified atom stereocenters. The number of nitrogens with one attached hydrogen (secondary N) is 3. The van der Waals surface area contributed by atoms with Crippen LogP contribution in [0.2, 0.25) is 0 Å². The van der Waals surface area contributed by atoms with Crippen molar-refractivity contribution in [2.24, 2.45) is 0 Å². The van der Waals surface area contributed by atoms with E-state index in [0.29, 0.717) is 202 Å². The molecule has 0 aromatic carbocycles. The third-order valence-corrected chi connectivity index (χ3v) is 21.9. The minimum atomic E-state index is -1.22. The Morgan fingerprint density at radius 3 is 0.831 bits per heavy atom. The van der Waals surface area contributed by atoms with Gasteiger partial charge in [0.25, 0.3) is 0 Å². The molecule has 4 aliphatic heterocycles. The molecule has 4 saturated heterocycles. The number of ether oxygens (including phenoxy) is 1. The molecule has 0 aromatic rings. The molecule has 0 bridgehead atoms. The third kappa shape index (κ3) is 67.6. The number of aliphatic hydroxyl groups excluding tert-OH is 12. The molecule has 8 atom stereocenters. The Bertz CT molecular complexity index is 2620. The van der Waals surface area contributed by atoms with Crippen LogP contribution in [0.25, 0.3) is 0 Å². The zero-order chi connectivity index (χ0) is 97.0. The van der Waals surface area contributed by atoms with Gasteiger partial charge in [-0.2, -0.15) is 0 Å². The fourth-order valence-electron chi connectivity index (χ4n) is 13.9. The fraction of sp³-hybridized carbons (Fsp3) is 0.951. The molecule has 773 valence electrons. The Morgan fingerprint density at radius 1 is 0.354 bits per heavy atom. The predicted octanol–water partition coefficient (Wildman–Crippen LogP) is -11.2. The molecule has 1 radical (unpaired) electrons. The van der Waals surface area contributed by atoms with E-state index in [1.807, 2.05) is 91.7 Å². The van der Waals surface area contributed by atoms with Gasteiger partial charge in [0.05, 0.1) is 163 Å². The van der Waals surface area contributed by atoms with E-state index in [-0.39, 0.29) is 131 Å². The van der Waals surface area contributed by atoms with E-state index in [2.05, 4.69) is 71.0 Å². The van der Waals surface area contributed by atoms with Crippen LogP contribution in [0.4, 0.5) is 0 Å². The number of carbonyl (C=O) groups is 4. The van der Waals surface area contributed by atoms with Gasteiger partial charge in [-0.3, -0.25) is 88.6 Å². The van der Waals surface area contributed by atoms with E-state index < -0.39 is 97.1 Å². The summed E-state index contributed by atoms with van der Waals surface area (Å²) in [5.41, 5.74) is -1.41. The average molecular weight is 2100 g/mol. The minimum absolute atomic E-state index is 0. The molecule has 0 aliphatic carbocycles. The van der Waals surface area contributed by atoms with Gasteiger partial charge in [-0.05, 0) is 69.2 Å². The van der Waals surface area contributed by atoms with Gasteiger partial charge >= 0.3 is 51.9 Å². The van der Waals surface area contributed by atoms with Crippen molar-refractivity contribution in [3.8, 4) is 0 Å². The van der Waals surface area contributed by atoms with Gasteiger partial charge in [0.2, 0.25) is 0 Å². The van der Waals surface area contributed by atoms with Crippen LogP contribution in [0.5, 0.6) is 0 Å². The number of carbonyl (C=O) groups excluding carboxylic acids is 3. The van der Waals surface area contributed by atoms with E-state index >= 15 is 0 Å². The average Bonchev–Trinajstić information content (AvgIpc) is 0.878. The maximum atomic E-state index is 12.8. The number of rotatable bonds is 43. The van der Waals surface area contributed by atoms with Crippen molar-refractivity contribution in [3.05, 3.63) is 0 Å². The van der Waals surface area contributed by atoms with Crippen LogP contribution >= 0.6 is 15.9 Å². The predicted molar refractivity (Wildman–Crippen MR) is 474 cm³/mol. The summed E-state index contributed by atoms with van der Waals surface area (Å²) in [5, 5.41) is 186. The first kappa shape index (κ1) is 130.